The average molecular weight is 308 g/mol. The van der Waals surface area contributed by atoms with Crippen molar-refractivity contribution in [2.75, 3.05) is 25.5 Å². The molecule has 0 radical (unpaired) electrons. The lowest BCUT2D eigenvalue weighted by molar-refractivity contribution is -0.692. The Balaban J connectivity index is 2.52. The summed E-state index contributed by atoms with van der Waals surface area (Å²) in [4.78, 5) is 23.1. The van der Waals surface area contributed by atoms with Gasteiger partial charge in [0.15, 0.2) is 0 Å². The first kappa shape index (κ1) is 18.1. The highest BCUT2D eigenvalue weighted by Crippen LogP contribution is 2.14. The van der Waals surface area contributed by atoms with Crippen molar-refractivity contribution >= 4 is 17.6 Å². The van der Waals surface area contributed by atoms with Crippen molar-refractivity contribution in [3.8, 4) is 0 Å². The number of nitrogens with two attached hydrogens (primary N) is 2. The number of nitrogens with one attached hydrogen (secondary N) is 1. The van der Waals surface area contributed by atoms with E-state index in [4.69, 9.17) is 0 Å². The topological polar surface area (TPSA) is 102 Å². The standard InChI is InChI=1S/C16H25N3O3/c1-11-5-6-13(9-12(11)2)19-15(20)10-14(16(21)22)18-8-4-7-17-3/h5-6,9,14,17-18H,4,7-8,10H2,1-3H3,(H,19,20)(H,21,22)/p+1/t14-/m1/s1. The monoisotopic (exact) mass is 308 g/mol. The van der Waals surface area contributed by atoms with Gasteiger partial charge in [-0.15, -0.1) is 0 Å². The second kappa shape index (κ2) is 9.17. The van der Waals surface area contributed by atoms with Crippen molar-refractivity contribution in [2.45, 2.75) is 32.7 Å². The zero-order chi connectivity index (χ0) is 16.5. The van der Waals surface area contributed by atoms with Gasteiger partial charge in [-0.3, -0.25) is 4.79 Å². The predicted octanol–water partition coefficient (Wildman–Crippen LogP) is -2.10. The van der Waals surface area contributed by atoms with Crippen molar-refractivity contribution in [3.63, 3.8) is 0 Å². The van der Waals surface area contributed by atoms with Crippen LogP contribution in [0.25, 0.3) is 0 Å². The Morgan fingerprint density at radius 1 is 1.23 bits per heavy atom. The molecule has 5 N–H and O–H groups in total. The Hall–Kier alpha value is -1.92. The Bertz CT molecular complexity index is 517. The van der Waals surface area contributed by atoms with E-state index in [0.29, 0.717) is 12.2 Å². The number of amides is 1. The highest BCUT2D eigenvalue weighted by molar-refractivity contribution is 5.93. The molecule has 1 aromatic carbocycles. The molecular weight excluding hydrogens is 282 g/mol. The van der Waals surface area contributed by atoms with E-state index in [0.717, 1.165) is 24.1 Å². The van der Waals surface area contributed by atoms with Crippen LogP contribution in [0.3, 0.4) is 0 Å². The molecular formula is C16H26N3O3+. The Morgan fingerprint density at radius 2 is 1.95 bits per heavy atom. The third-order valence-corrected chi connectivity index (χ3v) is 3.65. The smallest absolute Gasteiger partial charge is 0.230 e. The number of aliphatic carboxylic acids is 1. The number of quaternary nitrogens is 2. The van der Waals surface area contributed by atoms with E-state index in [9.17, 15) is 14.7 Å². The van der Waals surface area contributed by atoms with Gasteiger partial charge >= 0.3 is 0 Å². The van der Waals surface area contributed by atoms with Gasteiger partial charge in [0.25, 0.3) is 0 Å². The minimum Gasteiger partial charge on any atom is -0.544 e. The molecule has 0 unspecified atom stereocenters. The Kier molecular flexibility index (Phi) is 7.56. The summed E-state index contributed by atoms with van der Waals surface area (Å²) in [5, 5.41) is 17.6. The third-order valence-electron chi connectivity index (χ3n) is 3.65. The van der Waals surface area contributed by atoms with Gasteiger partial charge in [-0.1, -0.05) is 6.07 Å². The molecule has 0 bridgehead atoms. The van der Waals surface area contributed by atoms with Crippen LogP contribution in [0, 0.1) is 13.8 Å². The molecule has 0 saturated carbocycles. The van der Waals surface area contributed by atoms with Crippen LogP contribution in [-0.2, 0) is 9.59 Å². The lowest BCUT2D eigenvalue weighted by Crippen LogP contribution is -2.94. The predicted molar refractivity (Wildman–Crippen MR) is 82.1 cm³/mol. The summed E-state index contributed by atoms with van der Waals surface area (Å²) in [5.74, 6) is -1.51. The summed E-state index contributed by atoms with van der Waals surface area (Å²) in [7, 11) is 1.97. The van der Waals surface area contributed by atoms with E-state index in [1.807, 2.05) is 44.4 Å². The highest BCUT2D eigenvalue weighted by atomic mass is 16.4. The van der Waals surface area contributed by atoms with Gasteiger partial charge in [-0.25, -0.2) is 0 Å². The highest BCUT2D eigenvalue weighted by Gasteiger charge is 2.18. The lowest BCUT2D eigenvalue weighted by atomic mass is 10.1. The van der Waals surface area contributed by atoms with E-state index in [1.54, 1.807) is 5.32 Å². The van der Waals surface area contributed by atoms with Crippen molar-refractivity contribution in [1.82, 2.24) is 0 Å². The van der Waals surface area contributed by atoms with Gasteiger partial charge in [0.05, 0.1) is 32.5 Å². The molecule has 1 amide bonds. The maximum Gasteiger partial charge on any atom is 0.230 e. The van der Waals surface area contributed by atoms with Crippen LogP contribution in [0.2, 0.25) is 0 Å². The van der Waals surface area contributed by atoms with E-state index < -0.39 is 12.0 Å². The fourth-order valence-electron chi connectivity index (χ4n) is 2.13. The fraction of sp³-hybridized carbons (Fsp3) is 0.500. The van der Waals surface area contributed by atoms with Crippen LogP contribution in [0.5, 0.6) is 0 Å². The maximum absolute atomic E-state index is 12.0. The van der Waals surface area contributed by atoms with Crippen molar-refractivity contribution in [1.29, 1.82) is 0 Å². The number of hydrogen-bond acceptors (Lipinski definition) is 3. The molecule has 0 spiro atoms. The van der Waals surface area contributed by atoms with Gasteiger partial charge in [0.2, 0.25) is 5.91 Å². The molecule has 22 heavy (non-hydrogen) atoms. The molecule has 6 heteroatoms. The Morgan fingerprint density at radius 3 is 2.55 bits per heavy atom. The van der Waals surface area contributed by atoms with Crippen LogP contribution in [0.4, 0.5) is 5.69 Å². The number of carboxylic acids is 1. The third kappa shape index (κ3) is 6.24. The average Bonchev–Trinajstić information content (AvgIpc) is 2.46. The largest absolute Gasteiger partial charge is 0.544 e. The molecule has 0 aliphatic carbocycles. The zero-order valence-electron chi connectivity index (χ0n) is 13.5. The number of carbonyl (C=O) groups excluding carboxylic acids is 2. The SMILES string of the molecule is C[NH2+]CCC[NH2+][C@H](CC(=O)Nc1ccc(C)c(C)c1)C(=O)[O-]. The van der Waals surface area contributed by atoms with Gasteiger partial charge in [0, 0.05) is 12.1 Å². The maximum atomic E-state index is 12.0. The van der Waals surface area contributed by atoms with Crippen molar-refractivity contribution in [2.24, 2.45) is 0 Å². The summed E-state index contributed by atoms with van der Waals surface area (Å²) < 4.78 is 0. The number of carboxylic acid groups (broad SMARTS) is 1. The van der Waals surface area contributed by atoms with E-state index in [2.05, 4.69) is 5.32 Å². The Labute approximate surface area is 131 Å². The zero-order valence-corrected chi connectivity index (χ0v) is 13.5. The van der Waals surface area contributed by atoms with Crippen LogP contribution in [0.1, 0.15) is 24.0 Å². The summed E-state index contributed by atoms with van der Waals surface area (Å²) >= 11 is 0. The first-order chi connectivity index (χ1) is 10.4. The van der Waals surface area contributed by atoms with Crippen LogP contribution in [0.15, 0.2) is 18.2 Å². The minimum atomic E-state index is -1.20. The molecule has 0 aliphatic rings. The second-order valence-corrected chi connectivity index (χ2v) is 5.55. The second-order valence-electron chi connectivity index (χ2n) is 5.55. The van der Waals surface area contributed by atoms with Crippen molar-refractivity contribution < 1.29 is 25.3 Å². The number of anilines is 1. The molecule has 1 atom stereocenters. The summed E-state index contributed by atoms with van der Waals surface area (Å²) in [6.07, 6.45) is 0.796. The molecule has 6 nitrogen and oxygen atoms in total. The molecule has 0 fully saturated rings. The van der Waals surface area contributed by atoms with E-state index in [1.165, 1.54) is 0 Å². The molecule has 0 aliphatic heterocycles. The molecule has 1 aromatic rings. The number of carbonyl (C=O) groups is 2. The quantitative estimate of drug-likeness (QED) is 0.455. The molecule has 1 rings (SSSR count). The number of hydrogen-bond donors (Lipinski definition) is 3. The van der Waals surface area contributed by atoms with Crippen LogP contribution < -0.4 is 21.1 Å². The van der Waals surface area contributed by atoms with E-state index >= 15 is 0 Å². The van der Waals surface area contributed by atoms with Gasteiger partial charge in [0.1, 0.15) is 6.04 Å². The van der Waals surface area contributed by atoms with Gasteiger partial charge in [-0.05, 0) is 37.1 Å². The van der Waals surface area contributed by atoms with Crippen LogP contribution >= 0.6 is 0 Å². The number of benzene rings is 1. The summed E-state index contributed by atoms with van der Waals surface area (Å²) in [6.45, 7) is 5.56. The first-order valence-corrected chi connectivity index (χ1v) is 7.63. The molecule has 122 valence electrons. The first-order valence-electron chi connectivity index (χ1n) is 7.63. The minimum absolute atomic E-state index is 0.0922. The van der Waals surface area contributed by atoms with Gasteiger partial charge < -0.3 is 25.9 Å². The normalized spacial score (nSPS) is 12.0. The van der Waals surface area contributed by atoms with Crippen molar-refractivity contribution in [3.05, 3.63) is 29.3 Å². The lowest BCUT2D eigenvalue weighted by Gasteiger charge is -2.16. The number of aryl methyl sites for hydroxylation is 2. The fourth-order valence-corrected chi connectivity index (χ4v) is 2.13. The summed E-state index contributed by atoms with van der Waals surface area (Å²) in [5.41, 5.74) is 2.91. The molecule has 0 saturated heterocycles. The van der Waals surface area contributed by atoms with Crippen LogP contribution in [-0.4, -0.2) is 38.1 Å². The summed E-state index contributed by atoms with van der Waals surface area (Å²) in [6, 6.07) is 4.77. The number of rotatable bonds is 9. The molecule has 0 aromatic heterocycles. The van der Waals surface area contributed by atoms with Gasteiger partial charge in [-0.2, -0.15) is 0 Å². The van der Waals surface area contributed by atoms with E-state index in [-0.39, 0.29) is 12.3 Å². The molecule has 0 heterocycles.